The number of benzene rings is 1. The minimum absolute atomic E-state index is 0.0929. The van der Waals surface area contributed by atoms with Gasteiger partial charge in [0.1, 0.15) is 0 Å². The Kier molecular flexibility index (Phi) is 8.30. The van der Waals surface area contributed by atoms with E-state index in [0.717, 1.165) is 5.56 Å². The highest BCUT2D eigenvalue weighted by molar-refractivity contribution is 6.31. The van der Waals surface area contributed by atoms with Gasteiger partial charge in [-0.3, -0.25) is 4.79 Å². The Morgan fingerprint density at radius 2 is 2.05 bits per heavy atom. The number of carboxylic acids is 1. The second-order valence-electron chi connectivity index (χ2n) is 4.79. The van der Waals surface area contributed by atoms with Crippen LogP contribution in [0.5, 0.6) is 0 Å². The summed E-state index contributed by atoms with van der Waals surface area (Å²) in [5.74, 6) is -1.66. The van der Waals surface area contributed by atoms with E-state index < -0.39 is 18.0 Å². The first-order chi connectivity index (χ1) is 10.0. The van der Waals surface area contributed by atoms with Crippen molar-refractivity contribution in [1.29, 1.82) is 0 Å². The van der Waals surface area contributed by atoms with Crippen molar-refractivity contribution in [2.24, 2.45) is 5.92 Å². The molecule has 0 bridgehead atoms. The third-order valence-electron chi connectivity index (χ3n) is 3.07. The summed E-state index contributed by atoms with van der Waals surface area (Å²) in [6.45, 7) is 0.903. The summed E-state index contributed by atoms with van der Waals surface area (Å²) >= 11 is 6.03. The van der Waals surface area contributed by atoms with Gasteiger partial charge in [-0.1, -0.05) is 29.8 Å². The van der Waals surface area contributed by atoms with Crippen molar-refractivity contribution in [2.75, 3.05) is 26.9 Å². The third kappa shape index (κ3) is 6.91. The second-order valence-corrected chi connectivity index (χ2v) is 5.20. The number of aliphatic hydroxyl groups excluding tert-OH is 1. The quantitative estimate of drug-likeness (QED) is 0.646. The number of rotatable bonds is 10. The predicted octanol–water partition coefficient (Wildman–Crippen LogP) is 2.00. The number of hydrogen-bond acceptors (Lipinski definition) is 4. The Morgan fingerprint density at radius 3 is 2.67 bits per heavy atom. The van der Waals surface area contributed by atoms with Gasteiger partial charge < -0.3 is 19.7 Å². The van der Waals surface area contributed by atoms with Gasteiger partial charge in [-0.25, -0.2) is 0 Å². The lowest BCUT2D eigenvalue weighted by molar-refractivity contribution is -0.143. The average Bonchev–Trinajstić information content (AvgIpc) is 2.45. The second kappa shape index (κ2) is 9.73. The van der Waals surface area contributed by atoms with Crippen LogP contribution in [0.2, 0.25) is 5.02 Å². The Morgan fingerprint density at radius 1 is 1.33 bits per heavy atom. The lowest BCUT2D eigenvalue weighted by atomic mass is 9.94. The van der Waals surface area contributed by atoms with Crippen molar-refractivity contribution >= 4 is 17.6 Å². The number of carbonyl (C=O) groups is 1. The molecule has 21 heavy (non-hydrogen) atoms. The van der Waals surface area contributed by atoms with Crippen molar-refractivity contribution in [3.63, 3.8) is 0 Å². The smallest absolute Gasteiger partial charge is 0.306 e. The molecule has 0 aromatic heterocycles. The fraction of sp³-hybridized carbons (Fsp3) is 0.533. The van der Waals surface area contributed by atoms with E-state index in [2.05, 4.69) is 0 Å². The number of aliphatic hydroxyl groups is 1. The molecular weight excluding hydrogens is 296 g/mol. The molecule has 0 fully saturated rings. The molecular formula is C15H21ClO5. The summed E-state index contributed by atoms with van der Waals surface area (Å²) in [6.07, 6.45) is -0.428. The van der Waals surface area contributed by atoms with Gasteiger partial charge in [0, 0.05) is 12.1 Å². The van der Waals surface area contributed by atoms with E-state index in [-0.39, 0.29) is 19.4 Å². The molecule has 1 aromatic rings. The summed E-state index contributed by atoms with van der Waals surface area (Å²) < 4.78 is 10.0. The first-order valence-corrected chi connectivity index (χ1v) is 7.13. The van der Waals surface area contributed by atoms with E-state index in [1.165, 1.54) is 0 Å². The molecule has 1 aromatic carbocycles. The zero-order valence-corrected chi connectivity index (χ0v) is 12.8. The fourth-order valence-electron chi connectivity index (χ4n) is 1.96. The molecule has 2 unspecified atom stereocenters. The van der Waals surface area contributed by atoms with E-state index in [1.54, 1.807) is 25.3 Å². The van der Waals surface area contributed by atoms with Crippen LogP contribution in [0.3, 0.4) is 0 Å². The van der Waals surface area contributed by atoms with Gasteiger partial charge in [0.05, 0.1) is 31.8 Å². The maximum Gasteiger partial charge on any atom is 0.306 e. The molecule has 2 N–H and O–H groups in total. The van der Waals surface area contributed by atoms with Gasteiger partial charge in [-0.15, -0.1) is 0 Å². The minimum atomic E-state index is -0.953. The van der Waals surface area contributed by atoms with Gasteiger partial charge >= 0.3 is 5.97 Å². The Hall–Kier alpha value is -1.14. The van der Waals surface area contributed by atoms with Crippen LogP contribution in [0.1, 0.15) is 12.0 Å². The summed E-state index contributed by atoms with van der Waals surface area (Å²) in [7, 11) is 1.56. The number of hydrogen-bond donors (Lipinski definition) is 2. The molecule has 0 amide bonds. The van der Waals surface area contributed by atoms with Gasteiger partial charge in [-0.2, -0.15) is 0 Å². The largest absolute Gasteiger partial charge is 0.481 e. The normalized spacial score (nSPS) is 13.9. The number of aliphatic carboxylic acids is 1. The number of halogens is 1. The first-order valence-electron chi connectivity index (χ1n) is 6.75. The maximum atomic E-state index is 11.3. The van der Waals surface area contributed by atoms with Gasteiger partial charge in [0.25, 0.3) is 0 Å². The molecule has 118 valence electrons. The molecule has 0 aliphatic rings. The van der Waals surface area contributed by atoms with E-state index in [9.17, 15) is 15.0 Å². The van der Waals surface area contributed by atoms with Crippen molar-refractivity contribution in [2.45, 2.75) is 18.9 Å². The Bertz CT molecular complexity index is 438. The molecule has 0 saturated heterocycles. The zero-order chi connectivity index (χ0) is 15.7. The molecule has 0 spiro atoms. The molecule has 2 atom stereocenters. The van der Waals surface area contributed by atoms with Gasteiger partial charge in [-0.05, 0) is 24.5 Å². The number of methoxy groups -OCH3 is 1. The Balaban J connectivity index is 2.50. The molecule has 0 radical (unpaired) electrons. The molecule has 6 heteroatoms. The third-order valence-corrected chi connectivity index (χ3v) is 3.44. The summed E-state index contributed by atoms with van der Waals surface area (Å²) in [5, 5.41) is 19.7. The Labute approximate surface area is 129 Å². The van der Waals surface area contributed by atoms with Crippen LogP contribution in [0, 0.1) is 5.92 Å². The molecule has 0 heterocycles. The summed E-state index contributed by atoms with van der Waals surface area (Å²) in [4.78, 5) is 11.3. The van der Waals surface area contributed by atoms with Crippen molar-refractivity contribution in [1.82, 2.24) is 0 Å². The van der Waals surface area contributed by atoms with Crippen LogP contribution in [-0.4, -0.2) is 49.2 Å². The van der Waals surface area contributed by atoms with Crippen molar-refractivity contribution < 1.29 is 24.5 Å². The summed E-state index contributed by atoms with van der Waals surface area (Å²) in [6, 6.07) is 7.12. The molecule has 0 aliphatic carbocycles. The topological polar surface area (TPSA) is 76.0 Å². The van der Waals surface area contributed by atoms with E-state index >= 15 is 0 Å². The van der Waals surface area contributed by atoms with Gasteiger partial charge in [0.15, 0.2) is 0 Å². The zero-order valence-electron chi connectivity index (χ0n) is 12.0. The van der Waals surface area contributed by atoms with Crippen LogP contribution >= 0.6 is 11.6 Å². The SMILES string of the molecule is COCCOCC(O)CC(Cc1ccccc1Cl)C(=O)O. The van der Waals surface area contributed by atoms with E-state index in [1.807, 2.05) is 6.07 Å². The molecule has 0 aliphatic heterocycles. The molecule has 0 saturated carbocycles. The monoisotopic (exact) mass is 316 g/mol. The number of ether oxygens (including phenoxy) is 2. The lowest BCUT2D eigenvalue weighted by Gasteiger charge is -2.17. The first kappa shape index (κ1) is 17.9. The highest BCUT2D eigenvalue weighted by Gasteiger charge is 2.22. The fourth-order valence-corrected chi connectivity index (χ4v) is 2.17. The molecule has 5 nitrogen and oxygen atoms in total. The molecule has 1 rings (SSSR count). The van der Waals surface area contributed by atoms with Crippen LogP contribution in [0.25, 0.3) is 0 Å². The number of carboxylic acid groups (broad SMARTS) is 1. The minimum Gasteiger partial charge on any atom is -0.481 e. The lowest BCUT2D eigenvalue weighted by Crippen LogP contribution is -2.26. The van der Waals surface area contributed by atoms with E-state index in [0.29, 0.717) is 18.2 Å². The van der Waals surface area contributed by atoms with Crippen LogP contribution in [-0.2, 0) is 20.7 Å². The maximum absolute atomic E-state index is 11.3. The summed E-state index contributed by atoms with van der Waals surface area (Å²) in [5.41, 5.74) is 0.763. The van der Waals surface area contributed by atoms with Crippen LogP contribution in [0.4, 0.5) is 0 Å². The van der Waals surface area contributed by atoms with E-state index in [4.69, 9.17) is 21.1 Å². The highest BCUT2D eigenvalue weighted by Crippen LogP contribution is 2.21. The van der Waals surface area contributed by atoms with Crippen molar-refractivity contribution in [3.05, 3.63) is 34.9 Å². The predicted molar refractivity (Wildman–Crippen MR) is 79.6 cm³/mol. The average molecular weight is 317 g/mol. The van der Waals surface area contributed by atoms with Crippen LogP contribution < -0.4 is 0 Å². The van der Waals surface area contributed by atoms with Crippen LogP contribution in [0.15, 0.2) is 24.3 Å². The standard InChI is InChI=1S/C15H21ClO5/c1-20-6-7-21-10-13(17)9-12(15(18)19)8-11-4-2-3-5-14(11)16/h2-5,12-13,17H,6-10H2,1H3,(H,18,19). The van der Waals surface area contributed by atoms with Gasteiger partial charge in [0.2, 0.25) is 0 Å². The highest BCUT2D eigenvalue weighted by atomic mass is 35.5. The van der Waals surface area contributed by atoms with Crippen molar-refractivity contribution in [3.8, 4) is 0 Å².